The van der Waals surface area contributed by atoms with Crippen LogP contribution in [0.4, 0.5) is 0 Å². The number of nitrogens with zero attached hydrogens (tertiary/aromatic N) is 1. The lowest BCUT2D eigenvalue weighted by molar-refractivity contribution is -0.149. The second kappa shape index (κ2) is 10.2. The molecule has 2 N–H and O–H groups in total. The molecule has 0 aromatic heterocycles. The fraction of sp³-hybridized carbons (Fsp3) is 0.600. The van der Waals surface area contributed by atoms with Crippen LogP contribution in [0.3, 0.4) is 0 Å². The molecule has 1 aromatic carbocycles. The maximum absolute atomic E-state index is 13.0. The summed E-state index contributed by atoms with van der Waals surface area (Å²) in [6.45, 7) is 1.72. The van der Waals surface area contributed by atoms with E-state index in [1.165, 1.54) is 4.90 Å². The lowest BCUT2D eigenvalue weighted by Gasteiger charge is -2.27. The minimum atomic E-state index is -0.912. The van der Waals surface area contributed by atoms with Gasteiger partial charge in [0, 0.05) is 7.92 Å². The molecule has 1 aliphatic heterocycles. The van der Waals surface area contributed by atoms with Crippen molar-refractivity contribution in [3.8, 4) is 0 Å². The lowest BCUT2D eigenvalue weighted by Crippen LogP contribution is -2.51. The number of carbonyl (C=O) groups excluding carboxylic acids is 1. The van der Waals surface area contributed by atoms with Crippen molar-refractivity contribution >= 4 is 11.9 Å². The summed E-state index contributed by atoms with van der Waals surface area (Å²) >= 11 is 0. The summed E-state index contributed by atoms with van der Waals surface area (Å²) in [5.41, 5.74) is 1.07. The third-order valence-corrected chi connectivity index (χ3v) is 4.72. The van der Waals surface area contributed by atoms with E-state index in [2.05, 4.69) is 5.32 Å². The van der Waals surface area contributed by atoms with Crippen molar-refractivity contribution in [3.05, 3.63) is 35.9 Å². The normalized spacial score (nSPS) is 18.8. The van der Waals surface area contributed by atoms with Crippen LogP contribution in [0.2, 0.25) is 0 Å². The highest BCUT2D eigenvalue weighted by Crippen LogP contribution is 2.19. The molecular formula is C20H30N2O3. The van der Waals surface area contributed by atoms with Crippen molar-refractivity contribution in [3.63, 3.8) is 0 Å². The average molecular weight is 347 g/mol. The van der Waals surface area contributed by atoms with Gasteiger partial charge in [0.2, 0.25) is 5.91 Å². The molecule has 25 heavy (non-hydrogen) atoms. The van der Waals surface area contributed by atoms with Crippen molar-refractivity contribution in [1.82, 2.24) is 10.2 Å². The Labute approximate surface area is 151 Å². The van der Waals surface area contributed by atoms with Gasteiger partial charge in [-0.1, -0.05) is 56.5 Å². The Morgan fingerprint density at radius 3 is 2.84 bits per heavy atom. The standard InChI is InChI=1S/C20H30N2O3/c1-2-3-4-8-13-21-17(15-16-10-6-5-7-11-16)19(23)22-14-9-12-18(22)20(24)25/h5-7,10-11,17-18,21H,2-4,8-9,12-15H2,1H3,(H,24,25)/t17-,18-/m0/s1/i1D. The summed E-state index contributed by atoms with van der Waals surface area (Å²) in [7, 11) is 0. The number of amides is 1. The highest BCUT2D eigenvalue weighted by molar-refractivity contribution is 5.87. The fourth-order valence-electron chi connectivity index (χ4n) is 3.34. The van der Waals surface area contributed by atoms with Gasteiger partial charge in [0.25, 0.3) is 0 Å². The number of rotatable bonds is 10. The molecule has 2 rings (SSSR count). The third kappa shape index (κ3) is 5.85. The fourth-order valence-corrected chi connectivity index (χ4v) is 3.34. The topological polar surface area (TPSA) is 69.6 Å². The molecule has 0 radical (unpaired) electrons. The number of carbonyl (C=O) groups is 2. The van der Waals surface area contributed by atoms with Crippen LogP contribution in [-0.4, -0.2) is 47.1 Å². The highest BCUT2D eigenvalue weighted by atomic mass is 16.4. The first-order valence-electron chi connectivity index (χ1n) is 9.94. The van der Waals surface area contributed by atoms with Crippen LogP contribution in [0.25, 0.3) is 0 Å². The van der Waals surface area contributed by atoms with E-state index < -0.39 is 18.1 Å². The molecule has 0 unspecified atom stereocenters. The monoisotopic (exact) mass is 347 g/mol. The molecular weight excluding hydrogens is 316 g/mol. The third-order valence-electron chi connectivity index (χ3n) is 4.72. The molecule has 138 valence electrons. The Kier molecular flexibility index (Phi) is 7.31. The molecule has 1 fully saturated rings. The summed E-state index contributed by atoms with van der Waals surface area (Å²) in [6.07, 6.45) is 5.80. The van der Waals surface area contributed by atoms with Crippen molar-refractivity contribution < 1.29 is 16.1 Å². The van der Waals surface area contributed by atoms with E-state index in [-0.39, 0.29) is 5.91 Å². The average Bonchev–Trinajstić information content (AvgIpc) is 3.14. The molecule has 0 aliphatic carbocycles. The number of unbranched alkanes of at least 4 members (excludes halogenated alkanes) is 3. The maximum atomic E-state index is 13.0. The molecule has 1 saturated heterocycles. The predicted molar refractivity (Wildman–Crippen MR) is 98.4 cm³/mol. The molecule has 1 heterocycles. The van der Waals surface area contributed by atoms with E-state index in [1.807, 2.05) is 30.3 Å². The number of likely N-dealkylation sites (tertiary alicyclic amines) is 1. The van der Waals surface area contributed by atoms with Crippen molar-refractivity contribution in [2.45, 2.75) is 63.9 Å². The number of aliphatic carboxylic acids is 1. The van der Waals surface area contributed by atoms with Crippen LogP contribution in [0, 0.1) is 0 Å². The molecule has 2 atom stereocenters. The zero-order valence-electron chi connectivity index (χ0n) is 15.8. The first-order valence-corrected chi connectivity index (χ1v) is 9.23. The minimum Gasteiger partial charge on any atom is -0.480 e. The van der Waals surface area contributed by atoms with Gasteiger partial charge in [-0.2, -0.15) is 0 Å². The van der Waals surface area contributed by atoms with Crippen LogP contribution in [0.1, 0.15) is 52.4 Å². The number of nitrogens with one attached hydrogen (secondary N) is 1. The van der Waals surface area contributed by atoms with E-state index in [4.69, 9.17) is 1.37 Å². The maximum Gasteiger partial charge on any atom is 0.326 e. The molecule has 1 amide bonds. The van der Waals surface area contributed by atoms with Gasteiger partial charge in [0.1, 0.15) is 6.04 Å². The first-order chi connectivity index (χ1) is 12.6. The first kappa shape index (κ1) is 17.9. The van der Waals surface area contributed by atoms with Gasteiger partial charge in [0.05, 0.1) is 6.04 Å². The SMILES string of the molecule is [2H]CCCCCCN[C@@H](Cc1ccccc1)C(=O)N1CCC[C@H]1C(=O)O. The van der Waals surface area contributed by atoms with E-state index >= 15 is 0 Å². The summed E-state index contributed by atoms with van der Waals surface area (Å²) < 4.78 is 7.17. The number of hydrogen-bond donors (Lipinski definition) is 2. The van der Waals surface area contributed by atoms with Gasteiger partial charge in [-0.3, -0.25) is 4.79 Å². The molecule has 5 nitrogen and oxygen atoms in total. The van der Waals surface area contributed by atoms with Crippen LogP contribution >= 0.6 is 0 Å². The minimum absolute atomic E-state index is 0.107. The predicted octanol–water partition coefficient (Wildman–Crippen LogP) is 2.84. The second-order valence-electron chi connectivity index (χ2n) is 6.64. The Hall–Kier alpha value is -1.88. The molecule has 0 spiro atoms. The number of hydrogen-bond acceptors (Lipinski definition) is 3. The Morgan fingerprint density at radius 1 is 1.32 bits per heavy atom. The van der Waals surface area contributed by atoms with E-state index in [9.17, 15) is 14.7 Å². The Morgan fingerprint density at radius 2 is 2.12 bits per heavy atom. The number of carboxylic acids is 1. The number of carboxylic acid groups (broad SMARTS) is 1. The summed E-state index contributed by atoms with van der Waals surface area (Å²) in [6, 6.07) is 8.75. The van der Waals surface area contributed by atoms with E-state index in [0.717, 1.165) is 44.2 Å². The largest absolute Gasteiger partial charge is 0.480 e. The summed E-state index contributed by atoms with van der Waals surface area (Å²) in [5.74, 6) is -1.02. The van der Waals surface area contributed by atoms with E-state index in [0.29, 0.717) is 26.3 Å². The molecule has 5 heteroatoms. The Bertz CT molecular complexity index is 567. The zero-order valence-corrected chi connectivity index (χ0v) is 14.8. The summed E-state index contributed by atoms with van der Waals surface area (Å²) in [4.78, 5) is 26.0. The van der Waals surface area contributed by atoms with Gasteiger partial charge in [-0.25, -0.2) is 4.79 Å². The molecule has 0 bridgehead atoms. The van der Waals surface area contributed by atoms with Crippen molar-refractivity contribution in [1.29, 1.82) is 0 Å². The van der Waals surface area contributed by atoms with Crippen molar-refractivity contribution in [2.24, 2.45) is 0 Å². The van der Waals surface area contributed by atoms with Crippen molar-refractivity contribution in [2.75, 3.05) is 13.1 Å². The van der Waals surface area contributed by atoms with Gasteiger partial charge in [-0.15, -0.1) is 0 Å². The number of benzene rings is 1. The van der Waals surface area contributed by atoms with Gasteiger partial charge in [-0.05, 0) is 37.8 Å². The Balaban J connectivity index is 1.97. The van der Waals surface area contributed by atoms with Gasteiger partial charge in [0.15, 0.2) is 0 Å². The molecule has 1 aromatic rings. The highest BCUT2D eigenvalue weighted by Gasteiger charge is 2.36. The van der Waals surface area contributed by atoms with Crippen LogP contribution < -0.4 is 5.32 Å². The smallest absolute Gasteiger partial charge is 0.326 e. The second-order valence-corrected chi connectivity index (χ2v) is 6.64. The summed E-state index contributed by atoms with van der Waals surface area (Å²) in [5, 5.41) is 12.7. The van der Waals surface area contributed by atoms with Gasteiger partial charge < -0.3 is 15.3 Å². The van der Waals surface area contributed by atoms with Crippen LogP contribution in [0.15, 0.2) is 30.3 Å². The van der Waals surface area contributed by atoms with Crippen LogP contribution in [0.5, 0.6) is 0 Å². The quantitative estimate of drug-likeness (QED) is 0.639. The van der Waals surface area contributed by atoms with Crippen LogP contribution in [-0.2, 0) is 16.0 Å². The van der Waals surface area contributed by atoms with Gasteiger partial charge >= 0.3 is 5.97 Å². The van der Waals surface area contributed by atoms with E-state index in [1.54, 1.807) is 0 Å². The zero-order chi connectivity index (χ0) is 18.8. The lowest BCUT2D eigenvalue weighted by atomic mass is 10.0. The molecule has 1 aliphatic rings. The molecule has 0 saturated carbocycles.